The van der Waals surface area contributed by atoms with Gasteiger partial charge in [0.15, 0.2) is 0 Å². The predicted octanol–water partition coefficient (Wildman–Crippen LogP) is 0.437. The molecule has 2 rings (SSSR count). The first-order chi connectivity index (χ1) is 8.83. The number of piperazine rings is 1. The summed E-state index contributed by atoms with van der Waals surface area (Å²) in [6.07, 6.45) is 1.29. The maximum atomic E-state index is 12.6. The Morgan fingerprint density at radius 3 is 2.11 bits per heavy atom. The van der Waals surface area contributed by atoms with E-state index in [0.717, 1.165) is 26.2 Å². The molecular formula is C14H27N3O2. The van der Waals surface area contributed by atoms with Crippen molar-refractivity contribution in [2.24, 2.45) is 5.73 Å². The highest BCUT2D eigenvalue weighted by atomic mass is 16.5. The summed E-state index contributed by atoms with van der Waals surface area (Å²) in [5, 5.41) is 0. The van der Waals surface area contributed by atoms with Crippen LogP contribution in [0.3, 0.4) is 0 Å². The van der Waals surface area contributed by atoms with E-state index in [1.54, 1.807) is 0 Å². The Balaban J connectivity index is 1.92. The van der Waals surface area contributed by atoms with Crippen molar-refractivity contribution in [3.8, 4) is 0 Å². The Morgan fingerprint density at radius 2 is 1.63 bits per heavy atom. The average Bonchev–Trinajstić information content (AvgIpc) is 2.38. The zero-order chi connectivity index (χ0) is 14.1. The van der Waals surface area contributed by atoms with Gasteiger partial charge in [0.2, 0.25) is 5.91 Å². The van der Waals surface area contributed by atoms with E-state index in [1.807, 2.05) is 4.90 Å². The van der Waals surface area contributed by atoms with E-state index in [0.29, 0.717) is 26.1 Å². The Bertz CT molecular complexity index is 324. The average molecular weight is 269 g/mol. The SMILES string of the molecule is CC(C)(C)N1CCN(C(=O)C2(N)CCOCC2)CC1. The molecule has 5 heteroatoms. The molecule has 2 N–H and O–H groups in total. The Labute approximate surface area is 116 Å². The van der Waals surface area contributed by atoms with Crippen LogP contribution in [0.15, 0.2) is 0 Å². The van der Waals surface area contributed by atoms with Crippen LogP contribution in [0.5, 0.6) is 0 Å². The van der Waals surface area contributed by atoms with Gasteiger partial charge >= 0.3 is 0 Å². The summed E-state index contributed by atoms with van der Waals surface area (Å²) in [4.78, 5) is 16.9. The maximum Gasteiger partial charge on any atom is 0.242 e. The minimum absolute atomic E-state index is 0.115. The van der Waals surface area contributed by atoms with E-state index in [1.165, 1.54) is 0 Å². The summed E-state index contributed by atoms with van der Waals surface area (Å²) >= 11 is 0. The normalized spacial score (nSPS) is 25.4. The van der Waals surface area contributed by atoms with Crippen molar-refractivity contribution in [1.82, 2.24) is 9.80 Å². The van der Waals surface area contributed by atoms with Crippen LogP contribution in [-0.2, 0) is 9.53 Å². The van der Waals surface area contributed by atoms with Crippen molar-refractivity contribution < 1.29 is 9.53 Å². The lowest BCUT2D eigenvalue weighted by molar-refractivity contribution is -0.143. The molecule has 0 radical (unpaired) electrons. The molecule has 1 amide bonds. The lowest BCUT2D eigenvalue weighted by Crippen LogP contribution is -2.62. The van der Waals surface area contributed by atoms with Gasteiger partial charge in [-0.1, -0.05) is 0 Å². The Hall–Kier alpha value is -0.650. The molecule has 19 heavy (non-hydrogen) atoms. The highest BCUT2D eigenvalue weighted by Gasteiger charge is 2.40. The number of carbonyl (C=O) groups is 1. The number of nitrogens with zero attached hydrogens (tertiary/aromatic N) is 2. The first-order valence-electron chi connectivity index (χ1n) is 7.24. The lowest BCUT2D eigenvalue weighted by Gasteiger charge is -2.44. The molecule has 110 valence electrons. The van der Waals surface area contributed by atoms with Gasteiger partial charge in [0, 0.05) is 44.9 Å². The van der Waals surface area contributed by atoms with Gasteiger partial charge in [-0.15, -0.1) is 0 Å². The number of hydrogen-bond donors (Lipinski definition) is 1. The van der Waals surface area contributed by atoms with E-state index in [9.17, 15) is 4.79 Å². The number of nitrogens with two attached hydrogens (primary N) is 1. The first kappa shape index (κ1) is 14.8. The summed E-state index contributed by atoms with van der Waals surface area (Å²) in [6.45, 7) is 11.3. The van der Waals surface area contributed by atoms with Gasteiger partial charge in [0.1, 0.15) is 0 Å². The minimum Gasteiger partial charge on any atom is -0.381 e. The van der Waals surface area contributed by atoms with Crippen LogP contribution in [0.1, 0.15) is 33.6 Å². The number of hydrogen-bond acceptors (Lipinski definition) is 4. The molecule has 2 fully saturated rings. The van der Waals surface area contributed by atoms with Crippen molar-refractivity contribution in [2.45, 2.75) is 44.7 Å². The third kappa shape index (κ3) is 3.27. The molecule has 0 aromatic carbocycles. The van der Waals surface area contributed by atoms with Crippen molar-refractivity contribution in [3.05, 3.63) is 0 Å². The van der Waals surface area contributed by atoms with Crippen LogP contribution in [0.25, 0.3) is 0 Å². The summed E-state index contributed by atoms with van der Waals surface area (Å²) in [5.41, 5.74) is 5.75. The number of carbonyl (C=O) groups excluding carboxylic acids is 1. The zero-order valence-corrected chi connectivity index (χ0v) is 12.4. The Morgan fingerprint density at radius 1 is 1.11 bits per heavy atom. The highest BCUT2D eigenvalue weighted by molar-refractivity contribution is 5.86. The van der Waals surface area contributed by atoms with Gasteiger partial charge < -0.3 is 15.4 Å². The molecule has 0 atom stereocenters. The van der Waals surface area contributed by atoms with Crippen LogP contribution >= 0.6 is 0 Å². The van der Waals surface area contributed by atoms with Crippen molar-refractivity contribution in [1.29, 1.82) is 0 Å². The highest BCUT2D eigenvalue weighted by Crippen LogP contribution is 2.22. The van der Waals surface area contributed by atoms with Gasteiger partial charge in [-0.25, -0.2) is 0 Å². The molecule has 2 aliphatic rings. The molecule has 0 spiro atoms. The monoisotopic (exact) mass is 269 g/mol. The molecule has 2 saturated heterocycles. The molecule has 0 unspecified atom stereocenters. The standard InChI is InChI=1S/C14H27N3O2/c1-13(2,3)17-8-6-16(7-9-17)12(18)14(15)4-10-19-11-5-14/h4-11,15H2,1-3H3. The summed E-state index contributed by atoms with van der Waals surface area (Å²) in [7, 11) is 0. The molecule has 5 nitrogen and oxygen atoms in total. The lowest BCUT2D eigenvalue weighted by atomic mass is 9.89. The number of ether oxygens (including phenoxy) is 1. The molecule has 0 aliphatic carbocycles. The van der Waals surface area contributed by atoms with Gasteiger partial charge in [-0.3, -0.25) is 9.69 Å². The van der Waals surface area contributed by atoms with Crippen LogP contribution in [-0.4, -0.2) is 66.2 Å². The van der Waals surface area contributed by atoms with Crippen LogP contribution < -0.4 is 5.73 Å². The minimum atomic E-state index is -0.692. The van der Waals surface area contributed by atoms with Gasteiger partial charge in [-0.2, -0.15) is 0 Å². The molecule has 0 aromatic rings. The molecule has 0 aromatic heterocycles. The predicted molar refractivity (Wildman–Crippen MR) is 74.9 cm³/mol. The summed E-state index contributed by atoms with van der Waals surface area (Å²) in [5.74, 6) is 0.115. The third-order valence-corrected chi connectivity index (χ3v) is 4.33. The van der Waals surface area contributed by atoms with E-state index in [4.69, 9.17) is 10.5 Å². The fourth-order valence-corrected chi connectivity index (χ4v) is 2.84. The second kappa shape index (κ2) is 5.38. The number of rotatable bonds is 1. The van der Waals surface area contributed by atoms with Crippen LogP contribution in [0.4, 0.5) is 0 Å². The molecule has 0 bridgehead atoms. The second-order valence-electron chi connectivity index (χ2n) is 6.72. The topological polar surface area (TPSA) is 58.8 Å². The first-order valence-corrected chi connectivity index (χ1v) is 7.24. The Kier molecular flexibility index (Phi) is 4.18. The van der Waals surface area contributed by atoms with E-state index in [2.05, 4.69) is 25.7 Å². The molecular weight excluding hydrogens is 242 g/mol. The molecule has 0 saturated carbocycles. The molecule has 2 heterocycles. The summed E-state index contributed by atoms with van der Waals surface area (Å²) in [6, 6.07) is 0. The van der Waals surface area contributed by atoms with E-state index in [-0.39, 0.29) is 11.4 Å². The smallest absolute Gasteiger partial charge is 0.242 e. The van der Waals surface area contributed by atoms with E-state index < -0.39 is 5.54 Å². The second-order valence-corrected chi connectivity index (χ2v) is 6.72. The fourth-order valence-electron chi connectivity index (χ4n) is 2.84. The van der Waals surface area contributed by atoms with Gasteiger partial charge in [0.05, 0.1) is 5.54 Å². The van der Waals surface area contributed by atoms with Gasteiger partial charge in [0.25, 0.3) is 0 Å². The largest absolute Gasteiger partial charge is 0.381 e. The van der Waals surface area contributed by atoms with E-state index >= 15 is 0 Å². The van der Waals surface area contributed by atoms with Crippen LogP contribution in [0.2, 0.25) is 0 Å². The third-order valence-electron chi connectivity index (χ3n) is 4.33. The zero-order valence-electron chi connectivity index (χ0n) is 12.4. The summed E-state index contributed by atoms with van der Waals surface area (Å²) < 4.78 is 5.31. The fraction of sp³-hybridized carbons (Fsp3) is 0.929. The van der Waals surface area contributed by atoms with Crippen molar-refractivity contribution in [3.63, 3.8) is 0 Å². The van der Waals surface area contributed by atoms with Crippen LogP contribution in [0, 0.1) is 0 Å². The molecule has 2 aliphatic heterocycles. The maximum absolute atomic E-state index is 12.6. The van der Waals surface area contributed by atoms with Crippen molar-refractivity contribution >= 4 is 5.91 Å². The quantitative estimate of drug-likeness (QED) is 0.750. The van der Waals surface area contributed by atoms with Gasteiger partial charge in [-0.05, 0) is 33.6 Å². The van der Waals surface area contributed by atoms with Crippen molar-refractivity contribution in [2.75, 3.05) is 39.4 Å². The number of amides is 1.